The van der Waals surface area contributed by atoms with Gasteiger partial charge in [-0.25, -0.2) is 0 Å². The van der Waals surface area contributed by atoms with Gasteiger partial charge in [-0.15, -0.1) is 23.5 Å². The minimum Gasteiger partial charge on any atom is -0.144 e. The highest BCUT2D eigenvalue weighted by Gasteiger charge is 2.69. The summed E-state index contributed by atoms with van der Waals surface area (Å²) in [5.41, 5.74) is 1.19. The highest BCUT2D eigenvalue weighted by molar-refractivity contribution is 8.18. The van der Waals surface area contributed by atoms with Gasteiger partial charge in [0.05, 0.1) is 4.08 Å². The van der Waals surface area contributed by atoms with Gasteiger partial charge in [-0.3, -0.25) is 0 Å². The number of fused-ring (bicyclic) bond motifs is 3. The van der Waals surface area contributed by atoms with Crippen LogP contribution in [0.5, 0.6) is 0 Å². The molecule has 0 aromatic carbocycles. The maximum absolute atomic E-state index is 2.59. The van der Waals surface area contributed by atoms with E-state index in [1.54, 1.807) is 0 Å². The van der Waals surface area contributed by atoms with Crippen LogP contribution in [0.1, 0.15) is 46.5 Å². The molecule has 2 bridgehead atoms. The second-order valence-electron chi connectivity index (χ2n) is 6.30. The van der Waals surface area contributed by atoms with Crippen molar-refractivity contribution in [2.45, 2.75) is 50.5 Å². The molecule has 0 unspecified atom stereocenters. The fourth-order valence-electron chi connectivity index (χ4n) is 4.20. The van der Waals surface area contributed by atoms with E-state index in [-0.39, 0.29) is 0 Å². The fourth-order valence-corrected chi connectivity index (χ4v) is 8.45. The largest absolute Gasteiger partial charge is 0.144 e. The average Bonchev–Trinajstić information content (AvgIpc) is 2.51. The van der Waals surface area contributed by atoms with E-state index in [1.165, 1.54) is 37.2 Å². The number of hydrogen-bond donors (Lipinski definition) is 0. The van der Waals surface area contributed by atoms with Gasteiger partial charge < -0.3 is 0 Å². The Labute approximate surface area is 102 Å². The van der Waals surface area contributed by atoms with Crippen LogP contribution in [0, 0.1) is 16.7 Å². The van der Waals surface area contributed by atoms with Crippen LogP contribution >= 0.6 is 23.5 Å². The van der Waals surface area contributed by atoms with Gasteiger partial charge in [0.2, 0.25) is 0 Å². The topological polar surface area (TPSA) is 0 Å². The van der Waals surface area contributed by atoms with E-state index in [0.717, 1.165) is 5.92 Å². The van der Waals surface area contributed by atoms with Crippen molar-refractivity contribution >= 4 is 23.5 Å². The maximum atomic E-state index is 2.59. The van der Waals surface area contributed by atoms with Crippen LogP contribution in [-0.4, -0.2) is 15.6 Å². The minimum atomic E-state index is 0.588. The molecule has 2 heteroatoms. The first-order valence-electron chi connectivity index (χ1n) is 6.30. The molecule has 15 heavy (non-hydrogen) atoms. The van der Waals surface area contributed by atoms with E-state index < -0.39 is 0 Å². The highest BCUT2D eigenvalue weighted by Crippen LogP contribution is 2.77. The second-order valence-corrected chi connectivity index (χ2v) is 9.34. The van der Waals surface area contributed by atoms with Crippen molar-refractivity contribution in [3.8, 4) is 0 Å². The lowest BCUT2D eigenvalue weighted by Crippen LogP contribution is -2.44. The Morgan fingerprint density at radius 3 is 2.20 bits per heavy atom. The predicted octanol–water partition coefficient (Wildman–Crippen LogP) is 4.40. The van der Waals surface area contributed by atoms with E-state index in [4.69, 9.17) is 0 Å². The van der Waals surface area contributed by atoms with Gasteiger partial charge in [-0.05, 0) is 53.9 Å². The minimum absolute atomic E-state index is 0.588. The Balaban J connectivity index is 2.00. The molecule has 3 fully saturated rings. The molecule has 3 rings (SSSR count). The molecule has 2 atom stereocenters. The summed E-state index contributed by atoms with van der Waals surface area (Å²) in [4.78, 5) is 0. The van der Waals surface area contributed by atoms with Crippen molar-refractivity contribution in [3.05, 3.63) is 0 Å². The van der Waals surface area contributed by atoms with Gasteiger partial charge in [0.25, 0.3) is 0 Å². The number of thioether (sulfide) groups is 2. The Bertz CT molecular complexity index is 278. The molecule has 1 heterocycles. The monoisotopic (exact) mass is 242 g/mol. The van der Waals surface area contributed by atoms with Crippen LogP contribution < -0.4 is 0 Å². The molecule has 2 aliphatic carbocycles. The van der Waals surface area contributed by atoms with Gasteiger partial charge in [0, 0.05) is 0 Å². The smallest absolute Gasteiger partial charge is 0.0672 e. The lowest BCUT2D eigenvalue weighted by atomic mass is 9.70. The molecule has 0 aromatic rings. The van der Waals surface area contributed by atoms with Crippen molar-refractivity contribution in [2.75, 3.05) is 11.5 Å². The third-order valence-corrected chi connectivity index (χ3v) is 9.61. The summed E-state index contributed by atoms with van der Waals surface area (Å²) in [6.45, 7) is 7.66. The zero-order valence-electron chi connectivity index (χ0n) is 10.1. The first-order valence-corrected chi connectivity index (χ1v) is 8.27. The number of hydrogen-bond acceptors (Lipinski definition) is 2. The van der Waals surface area contributed by atoms with Crippen LogP contribution in [0.25, 0.3) is 0 Å². The van der Waals surface area contributed by atoms with Gasteiger partial charge in [0.1, 0.15) is 0 Å². The first kappa shape index (κ1) is 10.8. The molecule has 1 aliphatic heterocycles. The third-order valence-electron chi connectivity index (χ3n) is 5.75. The predicted molar refractivity (Wildman–Crippen MR) is 71.5 cm³/mol. The molecule has 0 amide bonds. The van der Waals surface area contributed by atoms with Crippen LogP contribution in [0.4, 0.5) is 0 Å². The maximum Gasteiger partial charge on any atom is 0.0672 e. The van der Waals surface area contributed by atoms with E-state index in [9.17, 15) is 0 Å². The summed E-state index contributed by atoms with van der Waals surface area (Å²) >= 11 is 4.60. The van der Waals surface area contributed by atoms with Gasteiger partial charge >= 0.3 is 0 Å². The number of rotatable bonds is 0. The van der Waals surface area contributed by atoms with Crippen LogP contribution in [0.15, 0.2) is 0 Å². The third kappa shape index (κ3) is 1.14. The van der Waals surface area contributed by atoms with E-state index in [1.807, 2.05) is 0 Å². The molecule has 3 aliphatic rings. The fraction of sp³-hybridized carbons (Fsp3) is 1.00. The standard InChI is InChI=1S/C13H22S2/c1-11(2)10-5-6-12(11,3)13(9-10)14-7-4-8-15-13/h10H,4-9H2,1-3H3/t10-,12-/m1/s1. The van der Waals surface area contributed by atoms with Gasteiger partial charge in [-0.1, -0.05) is 20.8 Å². The summed E-state index contributed by atoms with van der Waals surface area (Å²) in [7, 11) is 0. The SMILES string of the molecule is CC1(C)[C@@H]2CC[C@@]1(C)C1(C2)SCCCS1. The van der Waals surface area contributed by atoms with Crippen LogP contribution in [0.2, 0.25) is 0 Å². The zero-order chi connectivity index (χ0) is 10.7. The second kappa shape index (κ2) is 3.13. The molecule has 0 radical (unpaired) electrons. The van der Waals surface area contributed by atoms with Gasteiger partial charge in [-0.2, -0.15) is 0 Å². The Morgan fingerprint density at radius 2 is 1.73 bits per heavy atom. The molecule has 2 saturated carbocycles. The van der Waals surface area contributed by atoms with E-state index >= 15 is 0 Å². The highest BCUT2D eigenvalue weighted by atomic mass is 32.2. The van der Waals surface area contributed by atoms with Crippen molar-refractivity contribution in [1.29, 1.82) is 0 Å². The molecule has 86 valence electrons. The van der Waals surface area contributed by atoms with Crippen molar-refractivity contribution in [2.24, 2.45) is 16.7 Å². The Morgan fingerprint density at radius 1 is 1.07 bits per heavy atom. The summed E-state index contributed by atoms with van der Waals surface area (Å²) in [6, 6.07) is 0. The summed E-state index contributed by atoms with van der Waals surface area (Å²) in [5, 5.41) is 0. The molecule has 0 nitrogen and oxygen atoms in total. The van der Waals surface area contributed by atoms with Crippen LogP contribution in [0.3, 0.4) is 0 Å². The lowest BCUT2D eigenvalue weighted by Gasteiger charge is -2.49. The molecule has 0 aromatic heterocycles. The van der Waals surface area contributed by atoms with E-state index in [0.29, 0.717) is 14.9 Å². The van der Waals surface area contributed by atoms with Crippen LogP contribution in [-0.2, 0) is 0 Å². The molecule has 0 N–H and O–H groups in total. The Kier molecular flexibility index (Phi) is 2.26. The van der Waals surface area contributed by atoms with Crippen molar-refractivity contribution in [1.82, 2.24) is 0 Å². The normalized spacial score (nSPS) is 46.2. The summed E-state index contributed by atoms with van der Waals surface area (Å²) in [6.07, 6.45) is 5.89. The summed E-state index contributed by atoms with van der Waals surface area (Å²) < 4.78 is 0.595. The lowest BCUT2D eigenvalue weighted by molar-refractivity contribution is 0.148. The zero-order valence-corrected chi connectivity index (χ0v) is 11.8. The van der Waals surface area contributed by atoms with Gasteiger partial charge in [0.15, 0.2) is 0 Å². The quantitative estimate of drug-likeness (QED) is 0.617. The van der Waals surface area contributed by atoms with Crippen molar-refractivity contribution < 1.29 is 0 Å². The summed E-state index contributed by atoms with van der Waals surface area (Å²) in [5.74, 6) is 3.82. The van der Waals surface area contributed by atoms with E-state index in [2.05, 4.69) is 44.3 Å². The molecule has 1 spiro atoms. The molecular weight excluding hydrogens is 220 g/mol. The van der Waals surface area contributed by atoms with Crippen molar-refractivity contribution in [3.63, 3.8) is 0 Å². The average molecular weight is 242 g/mol. The first-order chi connectivity index (χ1) is 7.02. The molecule has 1 saturated heterocycles. The molecular formula is C13H22S2. The Hall–Kier alpha value is 0.700.